The second-order valence-corrected chi connectivity index (χ2v) is 3.78. The molecule has 0 radical (unpaired) electrons. The van der Waals surface area contributed by atoms with Gasteiger partial charge in [0.05, 0.1) is 17.3 Å². The van der Waals surface area contributed by atoms with E-state index in [1.165, 1.54) is 0 Å². The molecule has 2 rings (SSSR count). The third-order valence-electron chi connectivity index (χ3n) is 2.20. The van der Waals surface area contributed by atoms with Crippen LogP contribution in [0.4, 0.5) is 5.69 Å². The van der Waals surface area contributed by atoms with Gasteiger partial charge in [0.1, 0.15) is 11.6 Å². The lowest BCUT2D eigenvalue weighted by Crippen LogP contribution is -2.10. The Morgan fingerprint density at radius 2 is 2.24 bits per heavy atom. The number of nitriles is 1. The molecule has 0 spiro atoms. The molecule has 0 bridgehead atoms. The Bertz CT molecular complexity index is 619. The fraction of sp³-hybridized carbons (Fsp3) is 0.0833. The lowest BCUT2D eigenvalue weighted by molar-refractivity contribution is -0.115. The summed E-state index contributed by atoms with van der Waals surface area (Å²) < 4.78 is 0. The van der Waals surface area contributed by atoms with E-state index in [2.05, 4.69) is 10.3 Å². The number of nitrogens with one attached hydrogen (secondary N) is 1. The van der Waals surface area contributed by atoms with E-state index in [4.69, 9.17) is 16.9 Å². The summed E-state index contributed by atoms with van der Waals surface area (Å²) in [6.45, 7) is 0. The zero-order valence-corrected chi connectivity index (χ0v) is 9.53. The van der Waals surface area contributed by atoms with Crippen LogP contribution in [0.25, 0.3) is 10.9 Å². The van der Waals surface area contributed by atoms with Crippen LogP contribution in [0.2, 0.25) is 5.15 Å². The van der Waals surface area contributed by atoms with Crippen molar-refractivity contribution in [2.75, 3.05) is 5.32 Å². The summed E-state index contributed by atoms with van der Waals surface area (Å²) in [5.74, 6) is -0.359. The molecule has 2 aromatic rings. The summed E-state index contributed by atoms with van der Waals surface area (Å²) in [6.07, 6.45) is -0.184. The molecule has 84 valence electrons. The number of halogens is 1. The molecule has 0 atom stereocenters. The Morgan fingerprint density at radius 3 is 3.00 bits per heavy atom. The molecule has 1 aromatic heterocycles. The van der Waals surface area contributed by atoms with E-state index in [1.807, 2.05) is 12.1 Å². The van der Waals surface area contributed by atoms with E-state index in [-0.39, 0.29) is 12.3 Å². The van der Waals surface area contributed by atoms with E-state index in [0.717, 1.165) is 5.39 Å². The van der Waals surface area contributed by atoms with E-state index in [0.29, 0.717) is 16.4 Å². The number of carbonyl (C=O) groups is 1. The van der Waals surface area contributed by atoms with Crippen molar-refractivity contribution >= 4 is 34.1 Å². The Hall–Kier alpha value is -2.12. The summed E-state index contributed by atoms with van der Waals surface area (Å²) in [4.78, 5) is 15.5. The average molecular weight is 246 g/mol. The lowest BCUT2D eigenvalue weighted by atomic mass is 10.2. The topological polar surface area (TPSA) is 65.8 Å². The predicted octanol–water partition coefficient (Wildman–Crippen LogP) is 2.74. The molecule has 0 aliphatic heterocycles. The van der Waals surface area contributed by atoms with Crippen molar-refractivity contribution in [1.82, 2.24) is 4.98 Å². The maximum atomic E-state index is 11.3. The number of pyridine rings is 1. The van der Waals surface area contributed by atoms with Crippen LogP contribution in [0.15, 0.2) is 30.3 Å². The van der Waals surface area contributed by atoms with Gasteiger partial charge in [-0.3, -0.25) is 4.79 Å². The third-order valence-corrected chi connectivity index (χ3v) is 2.41. The second-order valence-electron chi connectivity index (χ2n) is 3.39. The number of fused-ring (bicyclic) bond motifs is 1. The van der Waals surface area contributed by atoms with Crippen LogP contribution in [-0.4, -0.2) is 10.9 Å². The normalized spacial score (nSPS) is 9.88. The summed E-state index contributed by atoms with van der Waals surface area (Å²) >= 11 is 5.81. The Labute approximate surface area is 103 Å². The van der Waals surface area contributed by atoms with Crippen molar-refractivity contribution in [3.63, 3.8) is 0 Å². The van der Waals surface area contributed by atoms with E-state index in [1.54, 1.807) is 24.3 Å². The molecular formula is C12H8ClN3O. The summed E-state index contributed by atoms with van der Waals surface area (Å²) in [6, 6.07) is 10.7. The van der Waals surface area contributed by atoms with Gasteiger partial charge in [0.15, 0.2) is 0 Å². The van der Waals surface area contributed by atoms with Gasteiger partial charge in [-0.15, -0.1) is 0 Å². The minimum Gasteiger partial charge on any atom is -0.323 e. The first-order valence-corrected chi connectivity index (χ1v) is 5.30. The smallest absolute Gasteiger partial charge is 0.238 e. The molecule has 1 aromatic carbocycles. The minimum atomic E-state index is -0.359. The largest absolute Gasteiger partial charge is 0.323 e. The summed E-state index contributed by atoms with van der Waals surface area (Å²) in [5.41, 5.74) is 1.18. The first kappa shape index (κ1) is 11.4. The number of carbonyl (C=O) groups excluding carboxylic acids is 1. The van der Waals surface area contributed by atoms with Gasteiger partial charge in [0, 0.05) is 5.39 Å². The Kier molecular flexibility index (Phi) is 3.22. The van der Waals surface area contributed by atoms with Gasteiger partial charge in [0.25, 0.3) is 0 Å². The van der Waals surface area contributed by atoms with Gasteiger partial charge in [-0.2, -0.15) is 5.26 Å². The van der Waals surface area contributed by atoms with Crippen LogP contribution in [0.5, 0.6) is 0 Å². The quantitative estimate of drug-likeness (QED) is 0.828. The van der Waals surface area contributed by atoms with Gasteiger partial charge < -0.3 is 5.32 Å². The first-order valence-electron chi connectivity index (χ1n) is 4.93. The number of anilines is 1. The van der Waals surface area contributed by atoms with E-state index in [9.17, 15) is 4.79 Å². The summed E-state index contributed by atoms with van der Waals surface area (Å²) in [5, 5.41) is 12.3. The highest BCUT2D eigenvalue weighted by Gasteiger charge is 2.06. The van der Waals surface area contributed by atoms with Crippen molar-refractivity contribution in [2.24, 2.45) is 0 Å². The Morgan fingerprint density at radius 1 is 1.41 bits per heavy atom. The number of aromatic nitrogens is 1. The maximum absolute atomic E-state index is 11.3. The van der Waals surface area contributed by atoms with Crippen LogP contribution >= 0.6 is 11.6 Å². The van der Waals surface area contributed by atoms with Crippen LogP contribution in [-0.2, 0) is 4.79 Å². The highest BCUT2D eigenvalue weighted by Crippen LogP contribution is 2.23. The predicted molar refractivity (Wildman–Crippen MR) is 65.6 cm³/mol. The van der Waals surface area contributed by atoms with Crippen LogP contribution in [0, 0.1) is 11.3 Å². The van der Waals surface area contributed by atoms with Crippen LogP contribution in [0.1, 0.15) is 6.42 Å². The molecule has 0 aliphatic carbocycles. The molecule has 0 unspecified atom stereocenters. The van der Waals surface area contributed by atoms with E-state index >= 15 is 0 Å². The number of hydrogen-bond acceptors (Lipinski definition) is 3. The molecule has 5 heteroatoms. The standard InChI is InChI=1S/C12H8ClN3O/c13-10-5-4-8-2-1-3-9(12(8)16-10)15-11(17)6-7-14/h1-5H,6H2,(H,15,17). The van der Waals surface area contributed by atoms with Gasteiger partial charge in [-0.25, -0.2) is 4.98 Å². The lowest BCUT2D eigenvalue weighted by Gasteiger charge is -2.06. The molecule has 1 amide bonds. The number of rotatable bonds is 2. The first-order chi connectivity index (χ1) is 8.20. The molecule has 0 saturated heterocycles. The highest BCUT2D eigenvalue weighted by atomic mass is 35.5. The molecular weight excluding hydrogens is 238 g/mol. The number of nitrogens with zero attached hydrogens (tertiary/aromatic N) is 2. The van der Waals surface area contributed by atoms with Gasteiger partial charge >= 0.3 is 0 Å². The molecule has 4 nitrogen and oxygen atoms in total. The van der Waals surface area contributed by atoms with Gasteiger partial charge in [-0.05, 0) is 18.2 Å². The van der Waals surface area contributed by atoms with Crippen molar-refractivity contribution < 1.29 is 4.79 Å². The fourth-order valence-corrected chi connectivity index (χ4v) is 1.64. The number of hydrogen-bond donors (Lipinski definition) is 1. The number of benzene rings is 1. The molecule has 0 aliphatic rings. The van der Waals surface area contributed by atoms with Crippen molar-refractivity contribution in [1.29, 1.82) is 5.26 Å². The highest BCUT2D eigenvalue weighted by molar-refractivity contribution is 6.29. The van der Waals surface area contributed by atoms with Crippen molar-refractivity contribution in [3.8, 4) is 6.07 Å². The Balaban J connectivity index is 2.43. The fourth-order valence-electron chi connectivity index (χ4n) is 1.49. The molecule has 0 fully saturated rings. The molecule has 17 heavy (non-hydrogen) atoms. The van der Waals surface area contributed by atoms with Crippen molar-refractivity contribution in [3.05, 3.63) is 35.5 Å². The van der Waals surface area contributed by atoms with Gasteiger partial charge in [-0.1, -0.05) is 23.7 Å². The average Bonchev–Trinajstić information content (AvgIpc) is 2.30. The van der Waals surface area contributed by atoms with E-state index < -0.39 is 0 Å². The van der Waals surface area contributed by atoms with Gasteiger partial charge in [0.2, 0.25) is 5.91 Å². The van der Waals surface area contributed by atoms with Crippen molar-refractivity contribution in [2.45, 2.75) is 6.42 Å². The molecule has 1 heterocycles. The SMILES string of the molecule is N#CCC(=O)Nc1cccc2ccc(Cl)nc12. The monoisotopic (exact) mass is 245 g/mol. The van der Waals surface area contributed by atoms with Crippen LogP contribution < -0.4 is 5.32 Å². The number of para-hydroxylation sites is 1. The molecule has 1 N–H and O–H groups in total. The zero-order chi connectivity index (χ0) is 12.3. The second kappa shape index (κ2) is 4.81. The summed E-state index contributed by atoms with van der Waals surface area (Å²) in [7, 11) is 0. The van der Waals surface area contributed by atoms with Crippen LogP contribution in [0.3, 0.4) is 0 Å². The zero-order valence-electron chi connectivity index (χ0n) is 8.77. The molecule has 0 saturated carbocycles. The minimum absolute atomic E-state index is 0.184. The maximum Gasteiger partial charge on any atom is 0.238 e. The third kappa shape index (κ3) is 2.52. The number of amides is 1.